The predicted octanol–water partition coefficient (Wildman–Crippen LogP) is 3.12. The highest BCUT2D eigenvalue weighted by Crippen LogP contribution is 2.38. The molecule has 2 aromatic heterocycles. The molecule has 2 unspecified atom stereocenters. The highest BCUT2D eigenvalue weighted by molar-refractivity contribution is 5.94. The van der Waals surface area contributed by atoms with Crippen LogP contribution in [0.3, 0.4) is 0 Å². The number of hydrogen-bond acceptors (Lipinski definition) is 7. The first-order chi connectivity index (χ1) is 16.3. The number of rotatable bonds is 5. The Hall–Kier alpha value is -3.90. The predicted molar refractivity (Wildman–Crippen MR) is 126 cm³/mol. The summed E-state index contributed by atoms with van der Waals surface area (Å²) >= 11 is 0. The number of benzene rings is 1. The second kappa shape index (κ2) is 8.15. The zero-order valence-corrected chi connectivity index (χ0v) is 19.0. The number of anilines is 2. The lowest BCUT2D eigenvalue weighted by atomic mass is 9.94. The number of aromatic carboxylic acids is 1. The van der Waals surface area contributed by atoms with Crippen LogP contribution < -0.4 is 15.8 Å². The maximum absolute atomic E-state index is 13.4. The number of carbonyl (C=O) groups is 1. The molecule has 2 aliphatic heterocycles. The van der Waals surface area contributed by atoms with Crippen molar-refractivity contribution in [2.24, 2.45) is 0 Å². The summed E-state index contributed by atoms with van der Waals surface area (Å²) in [5.41, 5.74) is 2.03. The van der Waals surface area contributed by atoms with E-state index in [-0.39, 0.29) is 22.8 Å². The molecular formula is C25H25N5O4. The zero-order chi connectivity index (χ0) is 24.0. The summed E-state index contributed by atoms with van der Waals surface area (Å²) in [7, 11) is 0. The molecule has 174 valence electrons. The van der Waals surface area contributed by atoms with Crippen LogP contribution in [0, 0.1) is 18.3 Å². The SMILES string of the molecule is Cc1cc(C(C)Nc2ccccc2C(=O)O)c2nc(N3CCC4(CCO4)C3)c(C#N)c(=O)n2c1. The molecule has 34 heavy (non-hydrogen) atoms. The van der Waals surface area contributed by atoms with Crippen LogP contribution in [0.4, 0.5) is 11.5 Å². The Balaban J connectivity index is 1.61. The van der Waals surface area contributed by atoms with E-state index in [2.05, 4.69) is 11.4 Å². The summed E-state index contributed by atoms with van der Waals surface area (Å²) in [5, 5.41) is 22.6. The Bertz CT molecular complexity index is 1400. The topological polar surface area (TPSA) is 120 Å². The first-order valence-corrected chi connectivity index (χ1v) is 11.3. The van der Waals surface area contributed by atoms with Crippen LogP contribution in [-0.2, 0) is 4.74 Å². The molecule has 9 nitrogen and oxygen atoms in total. The van der Waals surface area contributed by atoms with Gasteiger partial charge in [-0.25, -0.2) is 9.78 Å². The zero-order valence-electron chi connectivity index (χ0n) is 19.0. The van der Waals surface area contributed by atoms with Crippen molar-refractivity contribution < 1.29 is 14.6 Å². The van der Waals surface area contributed by atoms with Crippen molar-refractivity contribution in [3.8, 4) is 6.07 Å². The minimum atomic E-state index is -1.03. The lowest BCUT2D eigenvalue weighted by Gasteiger charge is -2.38. The highest BCUT2D eigenvalue weighted by atomic mass is 16.5. The number of aromatic nitrogens is 2. The van der Waals surface area contributed by atoms with Crippen molar-refractivity contribution in [3.05, 3.63) is 69.1 Å². The second-order valence-corrected chi connectivity index (χ2v) is 9.06. The highest BCUT2D eigenvalue weighted by Gasteiger charge is 2.45. The quantitative estimate of drug-likeness (QED) is 0.597. The van der Waals surface area contributed by atoms with Crippen LogP contribution in [-0.4, -0.2) is 45.8 Å². The molecule has 2 atom stereocenters. The van der Waals surface area contributed by atoms with Crippen LogP contribution in [0.2, 0.25) is 0 Å². The van der Waals surface area contributed by atoms with E-state index >= 15 is 0 Å². The first-order valence-electron chi connectivity index (χ1n) is 11.3. The van der Waals surface area contributed by atoms with Gasteiger partial charge in [-0.05, 0) is 44.0 Å². The van der Waals surface area contributed by atoms with Crippen LogP contribution in [0.5, 0.6) is 0 Å². The van der Waals surface area contributed by atoms with E-state index in [0.29, 0.717) is 30.2 Å². The summed E-state index contributed by atoms with van der Waals surface area (Å²) in [6.07, 6.45) is 3.48. The monoisotopic (exact) mass is 459 g/mol. The van der Waals surface area contributed by atoms with Gasteiger partial charge in [-0.2, -0.15) is 5.26 Å². The third-order valence-corrected chi connectivity index (χ3v) is 6.76. The normalized spacial score (nSPS) is 20.2. The molecule has 4 heterocycles. The van der Waals surface area contributed by atoms with E-state index in [1.165, 1.54) is 10.5 Å². The number of hydrogen-bond donors (Lipinski definition) is 2. The Morgan fingerprint density at radius 3 is 2.76 bits per heavy atom. The molecule has 0 bridgehead atoms. The number of carboxylic acids is 1. The van der Waals surface area contributed by atoms with Gasteiger partial charge in [0.2, 0.25) is 0 Å². The van der Waals surface area contributed by atoms with Crippen molar-refractivity contribution in [2.75, 3.05) is 29.9 Å². The summed E-state index contributed by atoms with van der Waals surface area (Å²) in [6, 6.07) is 10.3. The van der Waals surface area contributed by atoms with E-state index in [4.69, 9.17) is 9.72 Å². The number of para-hydroxylation sites is 1. The molecule has 0 amide bonds. The molecule has 0 aliphatic carbocycles. The summed E-state index contributed by atoms with van der Waals surface area (Å²) in [4.78, 5) is 31.8. The first kappa shape index (κ1) is 21.9. The summed E-state index contributed by atoms with van der Waals surface area (Å²) in [6.45, 7) is 5.76. The van der Waals surface area contributed by atoms with E-state index in [1.54, 1.807) is 24.4 Å². The van der Waals surface area contributed by atoms with E-state index in [0.717, 1.165) is 30.6 Å². The largest absolute Gasteiger partial charge is 0.478 e. The van der Waals surface area contributed by atoms with Gasteiger partial charge in [0, 0.05) is 37.0 Å². The molecule has 9 heteroatoms. The Morgan fingerprint density at radius 2 is 2.12 bits per heavy atom. The Kier molecular flexibility index (Phi) is 5.25. The van der Waals surface area contributed by atoms with Crippen molar-refractivity contribution in [1.82, 2.24) is 9.38 Å². The second-order valence-electron chi connectivity index (χ2n) is 9.06. The summed E-state index contributed by atoms with van der Waals surface area (Å²) < 4.78 is 7.22. The standard InChI is InChI=1S/C25H25N5O4/c1-15-11-18(16(2)27-20-6-4-3-5-17(20)24(32)33)22-28-21(19(12-26)23(31)30(22)13-15)29-9-7-25(14-29)8-10-34-25/h3-6,11,13,16,27H,7-10,14H2,1-2H3,(H,32,33). The number of nitrogens with zero attached hydrogens (tertiary/aromatic N) is 4. The van der Waals surface area contributed by atoms with Gasteiger partial charge in [0.25, 0.3) is 5.56 Å². The lowest BCUT2D eigenvalue weighted by molar-refractivity contribution is -0.130. The molecular weight excluding hydrogens is 434 g/mol. The smallest absolute Gasteiger partial charge is 0.337 e. The number of nitrogens with one attached hydrogen (secondary N) is 1. The van der Waals surface area contributed by atoms with Crippen LogP contribution >= 0.6 is 0 Å². The average Bonchev–Trinajstić information content (AvgIpc) is 3.25. The number of fused-ring (bicyclic) bond motifs is 1. The van der Waals surface area contributed by atoms with Crippen molar-refractivity contribution in [3.63, 3.8) is 0 Å². The van der Waals surface area contributed by atoms with E-state index in [1.807, 2.05) is 24.8 Å². The van der Waals surface area contributed by atoms with Crippen molar-refractivity contribution in [1.29, 1.82) is 5.26 Å². The minimum Gasteiger partial charge on any atom is -0.478 e. The number of aryl methyl sites for hydroxylation is 1. The third kappa shape index (κ3) is 3.56. The Labute approximate surface area is 196 Å². The van der Waals surface area contributed by atoms with Crippen molar-refractivity contribution in [2.45, 2.75) is 38.3 Å². The third-order valence-electron chi connectivity index (χ3n) is 6.76. The maximum Gasteiger partial charge on any atom is 0.337 e. The number of ether oxygens (including phenoxy) is 1. The van der Waals surface area contributed by atoms with Gasteiger partial charge < -0.3 is 20.1 Å². The molecule has 2 aliphatic rings. The fraction of sp³-hybridized carbons (Fsp3) is 0.360. The molecule has 0 radical (unpaired) electrons. The van der Waals surface area contributed by atoms with E-state index in [9.17, 15) is 20.0 Å². The Morgan fingerprint density at radius 1 is 1.35 bits per heavy atom. The van der Waals surface area contributed by atoms with Gasteiger partial charge in [-0.1, -0.05) is 12.1 Å². The molecule has 5 rings (SSSR count). The lowest BCUT2D eigenvalue weighted by Crippen LogP contribution is -2.46. The molecule has 2 N–H and O–H groups in total. The number of pyridine rings is 1. The van der Waals surface area contributed by atoms with Gasteiger partial charge in [0.15, 0.2) is 11.4 Å². The van der Waals surface area contributed by atoms with Crippen LogP contribution in [0.25, 0.3) is 5.65 Å². The molecule has 0 saturated carbocycles. The summed E-state index contributed by atoms with van der Waals surface area (Å²) in [5.74, 6) is -0.649. The van der Waals surface area contributed by atoms with Crippen LogP contribution in [0.1, 0.15) is 52.9 Å². The fourth-order valence-electron chi connectivity index (χ4n) is 4.89. The average molecular weight is 460 g/mol. The number of nitriles is 1. The molecule has 1 spiro atoms. The molecule has 2 saturated heterocycles. The fourth-order valence-corrected chi connectivity index (χ4v) is 4.89. The van der Waals surface area contributed by atoms with Gasteiger partial charge in [0.1, 0.15) is 11.7 Å². The number of carboxylic acid groups (broad SMARTS) is 1. The molecule has 3 aromatic rings. The maximum atomic E-state index is 13.4. The minimum absolute atomic E-state index is 0.0160. The van der Waals surface area contributed by atoms with E-state index < -0.39 is 11.5 Å². The van der Waals surface area contributed by atoms with Crippen molar-refractivity contribution >= 4 is 23.1 Å². The van der Waals surface area contributed by atoms with Gasteiger partial charge in [-0.3, -0.25) is 9.20 Å². The van der Waals surface area contributed by atoms with Gasteiger partial charge >= 0.3 is 5.97 Å². The molecule has 2 fully saturated rings. The van der Waals surface area contributed by atoms with Crippen LogP contribution in [0.15, 0.2) is 41.3 Å². The molecule has 1 aromatic carbocycles. The van der Waals surface area contributed by atoms with Gasteiger partial charge in [-0.15, -0.1) is 0 Å². The van der Waals surface area contributed by atoms with Gasteiger partial charge in [0.05, 0.1) is 23.8 Å².